The van der Waals surface area contributed by atoms with Crippen molar-refractivity contribution in [2.45, 2.75) is 39.9 Å². The Hall–Kier alpha value is -5.37. The van der Waals surface area contributed by atoms with E-state index >= 15 is 0 Å². The Morgan fingerprint density at radius 2 is 1.89 bits per heavy atom. The number of allylic oxidation sites excluding steroid dienone is 2. The second-order valence-electron chi connectivity index (χ2n) is 10.1. The van der Waals surface area contributed by atoms with Crippen LogP contribution in [0.3, 0.4) is 0 Å². The lowest BCUT2D eigenvalue weighted by atomic mass is 10.0. The maximum Gasteiger partial charge on any atom is 0.417 e. The number of carbonyl (C=O) groups is 1. The highest BCUT2D eigenvalue weighted by Crippen LogP contribution is 2.34. The first-order valence-electron chi connectivity index (χ1n) is 13.7. The maximum atomic E-state index is 14.0. The normalized spacial score (nSPS) is 12.6. The summed E-state index contributed by atoms with van der Waals surface area (Å²) in [6.45, 7) is 5.45. The van der Waals surface area contributed by atoms with E-state index in [1.165, 1.54) is 6.07 Å². The van der Waals surface area contributed by atoms with Crippen molar-refractivity contribution in [1.29, 1.82) is 5.26 Å². The van der Waals surface area contributed by atoms with Crippen LogP contribution in [0.25, 0.3) is 17.3 Å². The molecule has 11 heteroatoms. The summed E-state index contributed by atoms with van der Waals surface area (Å²) >= 11 is 0. The van der Waals surface area contributed by atoms with E-state index in [1.54, 1.807) is 68.5 Å². The van der Waals surface area contributed by atoms with Gasteiger partial charge < -0.3 is 19.0 Å². The van der Waals surface area contributed by atoms with E-state index < -0.39 is 28.8 Å². The van der Waals surface area contributed by atoms with Gasteiger partial charge in [-0.25, -0.2) is 4.79 Å². The van der Waals surface area contributed by atoms with Crippen LogP contribution in [0.4, 0.5) is 13.2 Å². The summed E-state index contributed by atoms with van der Waals surface area (Å²) in [5, 5.41) is 9.50. The van der Waals surface area contributed by atoms with E-state index in [1.807, 2.05) is 13.0 Å². The molecular formula is C33H27F3N4O4. The molecule has 0 saturated heterocycles. The minimum atomic E-state index is -4.91. The highest BCUT2D eigenvalue weighted by molar-refractivity contribution is 5.89. The first kappa shape index (κ1) is 30.1. The molecule has 3 aromatic heterocycles. The maximum absolute atomic E-state index is 14.0. The molecule has 224 valence electrons. The highest BCUT2D eigenvalue weighted by Gasteiger charge is 2.36. The largest absolute Gasteiger partial charge is 0.461 e. The number of aromatic amines is 1. The molecule has 0 amide bonds. The quantitative estimate of drug-likeness (QED) is 0.243. The lowest BCUT2D eigenvalue weighted by Crippen LogP contribution is -2.29. The molecule has 1 aliphatic rings. The fraction of sp³-hybridized carbons (Fsp3) is 0.212. The van der Waals surface area contributed by atoms with Crippen LogP contribution < -0.4 is 10.3 Å². The molecule has 5 rings (SSSR count). The molecule has 1 N–H and O–H groups in total. The SMILES string of the molecule is CCOC(=O)c1cc2c([nH]1)CC=CC(Oc1ccc(-c3cc(C(F)(F)F)c(C#N)c(=O)n3Cc3ccc(C)nc3C)cc1)=C2. The third-order valence-electron chi connectivity index (χ3n) is 7.10. The number of hydrogen-bond donors (Lipinski definition) is 1. The number of H-pyrrole nitrogens is 1. The minimum absolute atomic E-state index is 0.00936. The molecule has 0 bridgehead atoms. The van der Waals surface area contributed by atoms with Gasteiger partial charge in [0.1, 0.15) is 28.8 Å². The number of esters is 1. The van der Waals surface area contributed by atoms with Crippen LogP contribution in [-0.2, 0) is 23.9 Å². The molecule has 8 nitrogen and oxygen atoms in total. The summed E-state index contributed by atoms with van der Waals surface area (Å²) < 4.78 is 54.1. The van der Waals surface area contributed by atoms with Gasteiger partial charge in [0.25, 0.3) is 5.56 Å². The van der Waals surface area contributed by atoms with Gasteiger partial charge in [0, 0.05) is 29.1 Å². The first-order chi connectivity index (χ1) is 21.0. The van der Waals surface area contributed by atoms with Crippen molar-refractivity contribution in [1.82, 2.24) is 14.5 Å². The van der Waals surface area contributed by atoms with Crippen LogP contribution in [0.1, 0.15) is 56.7 Å². The number of ether oxygens (including phenoxy) is 2. The average Bonchev–Trinajstić information content (AvgIpc) is 3.28. The molecule has 0 atom stereocenters. The van der Waals surface area contributed by atoms with Crippen molar-refractivity contribution >= 4 is 12.0 Å². The van der Waals surface area contributed by atoms with Gasteiger partial charge in [-0.1, -0.05) is 12.1 Å². The molecule has 1 aromatic carbocycles. The summed E-state index contributed by atoms with van der Waals surface area (Å²) in [6, 6.07) is 13.7. The second-order valence-corrected chi connectivity index (χ2v) is 10.1. The van der Waals surface area contributed by atoms with E-state index in [-0.39, 0.29) is 18.8 Å². The zero-order chi connectivity index (χ0) is 31.6. The van der Waals surface area contributed by atoms with Crippen LogP contribution in [-0.4, -0.2) is 27.1 Å². The van der Waals surface area contributed by atoms with Gasteiger partial charge in [0.15, 0.2) is 0 Å². The Balaban J connectivity index is 1.51. The van der Waals surface area contributed by atoms with Gasteiger partial charge in [-0.05, 0) is 86.5 Å². The van der Waals surface area contributed by atoms with Gasteiger partial charge in [0.05, 0.1) is 24.4 Å². The summed E-state index contributed by atoms with van der Waals surface area (Å²) in [6.07, 6.45) is 1.03. The number of nitrogens with zero attached hydrogens (tertiary/aromatic N) is 3. The smallest absolute Gasteiger partial charge is 0.417 e. The molecule has 0 unspecified atom stereocenters. The molecule has 0 aliphatic heterocycles. The number of aromatic nitrogens is 3. The Kier molecular flexibility index (Phi) is 8.27. The van der Waals surface area contributed by atoms with Crippen LogP contribution in [0.5, 0.6) is 5.75 Å². The lowest BCUT2D eigenvalue weighted by molar-refractivity contribution is -0.137. The van der Waals surface area contributed by atoms with Crippen molar-refractivity contribution in [2.24, 2.45) is 0 Å². The number of benzene rings is 1. The zero-order valence-electron chi connectivity index (χ0n) is 24.1. The van der Waals surface area contributed by atoms with Crippen molar-refractivity contribution in [3.8, 4) is 23.1 Å². The minimum Gasteiger partial charge on any atom is -0.461 e. The van der Waals surface area contributed by atoms with Gasteiger partial charge >= 0.3 is 12.1 Å². The van der Waals surface area contributed by atoms with Crippen LogP contribution in [0, 0.1) is 25.2 Å². The van der Waals surface area contributed by atoms with E-state index in [0.717, 1.165) is 27.6 Å². The predicted molar refractivity (Wildman–Crippen MR) is 157 cm³/mol. The summed E-state index contributed by atoms with van der Waals surface area (Å²) in [5.74, 6) is 0.411. The van der Waals surface area contributed by atoms with E-state index in [2.05, 4.69) is 9.97 Å². The van der Waals surface area contributed by atoms with Crippen molar-refractivity contribution < 1.29 is 27.4 Å². The van der Waals surface area contributed by atoms with Crippen LogP contribution in [0.2, 0.25) is 0 Å². The number of nitriles is 1. The third kappa shape index (κ3) is 6.20. The summed E-state index contributed by atoms with van der Waals surface area (Å²) in [7, 11) is 0. The van der Waals surface area contributed by atoms with E-state index in [4.69, 9.17) is 9.47 Å². The van der Waals surface area contributed by atoms with E-state index in [0.29, 0.717) is 40.4 Å². The molecular weight excluding hydrogens is 573 g/mol. The van der Waals surface area contributed by atoms with Crippen molar-refractivity contribution in [3.63, 3.8) is 0 Å². The van der Waals surface area contributed by atoms with Gasteiger partial charge in [-0.15, -0.1) is 0 Å². The third-order valence-corrected chi connectivity index (χ3v) is 7.10. The Morgan fingerprint density at radius 3 is 2.55 bits per heavy atom. The number of rotatable bonds is 7. The van der Waals surface area contributed by atoms with Gasteiger partial charge in [0.2, 0.25) is 0 Å². The number of hydrogen-bond acceptors (Lipinski definition) is 6. The Labute approximate surface area is 250 Å². The molecule has 3 heterocycles. The number of alkyl halides is 3. The highest BCUT2D eigenvalue weighted by atomic mass is 19.4. The average molecular weight is 601 g/mol. The summed E-state index contributed by atoms with van der Waals surface area (Å²) in [5.41, 5.74) is 0.902. The number of fused-ring (bicyclic) bond motifs is 1. The zero-order valence-corrected chi connectivity index (χ0v) is 24.1. The van der Waals surface area contributed by atoms with Crippen molar-refractivity contribution in [2.75, 3.05) is 6.61 Å². The predicted octanol–water partition coefficient (Wildman–Crippen LogP) is 6.50. The second kappa shape index (κ2) is 12.1. The fourth-order valence-corrected chi connectivity index (χ4v) is 4.94. The molecule has 4 aromatic rings. The lowest BCUT2D eigenvalue weighted by Gasteiger charge is -2.18. The Bertz CT molecular complexity index is 1910. The molecule has 1 aliphatic carbocycles. The topological polar surface area (TPSA) is 110 Å². The number of aryl methyl sites for hydroxylation is 2. The Morgan fingerprint density at radius 1 is 1.14 bits per heavy atom. The van der Waals surface area contributed by atoms with Crippen molar-refractivity contribution in [3.05, 3.63) is 122 Å². The number of nitrogens with one attached hydrogen (secondary N) is 1. The monoisotopic (exact) mass is 600 g/mol. The molecule has 0 spiro atoms. The number of carbonyl (C=O) groups excluding carboxylic acids is 1. The number of pyridine rings is 2. The van der Waals surface area contributed by atoms with Gasteiger partial charge in [-0.2, -0.15) is 18.4 Å². The number of halogens is 3. The van der Waals surface area contributed by atoms with Crippen LogP contribution in [0.15, 0.2) is 71.2 Å². The summed E-state index contributed by atoms with van der Waals surface area (Å²) in [4.78, 5) is 32.9. The van der Waals surface area contributed by atoms with Gasteiger partial charge in [-0.3, -0.25) is 9.78 Å². The fourth-order valence-electron chi connectivity index (χ4n) is 4.94. The van der Waals surface area contributed by atoms with Crippen LogP contribution >= 0.6 is 0 Å². The molecule has 44 heavy (non-hydrogen) atoms. The molecule has 0 fully saturated rings. The first-order valence-corrected chi connectivity index (χ1v) is 13.7. The molecule has 0 radical (unpaired) electrons. The molecule has 0 saturated carbocycles. The standard InChI is InChI=1S/C33H27F3N4O4/c1-4-43-32(42)29-15-23-14-25(6-5-7-28(23)39-29)44-24-12-10-21(11-13-24)30-16-27(33(34,35)36)26(17-37)31(41)40(30)18-22-9-8-19(2)38-20(22)3/h5-6,8-16,39H,4,7,18H2,1-3H3. The van der Waals surface area contributed by atoms with E-state index in [9.17, 15) is 28.0 Å².